The molecule has 0 radical (unpaired) electrons. The van der Waals surface area contributed by atoms with Crippen LogP contribution in [0.3, 0.4) is 0 Å². The van der Waals surface area contributed by atoms with Gasteiger partial charge in [-0.2, -0.15) is 18.2 Å². The van der Waals surface area contributed by atoms with Gasteiger partial charge >= 0.3 is 6.18 Å². The van der Waals surface area contributed by atoms with Gasteiger partial charge in [0.2, 0.25) is 11.9 Å². The summed E-state index contributed by atoms with van der Waals surface area (Å²) < 4.78 is 39.5. The number of nitrogens with zero attached hydrogens (tertiary/aromatic N) is 4. The maximum Gasteiger partial charge on any atom is 0.416 e. The molecule has 11 heteroatoms. The lowest BCUT2D eigenvalue weighted by molar-refractivity contribution is -0.384. The molecule has 3 rings (SSSR count). The lowest BCUT2D eigenvalue weighted by Gasteiger charge is -2.45. The number of nitrogens with two attached hydrogens (primary N) is 2. The quantitative estimate of drug-likeness (QED) is 0.612. The highest BCUT2D eigenvalue weighted by Crippen LogP contribution is 2.44. The molecule has 1 heterocycles. The molecular formula is C15H17F3N6O2. The first-order valence-electron chi connectivity index (χ1n) is 7.99. The molecule has 1 aliphatic carbocycles. The molecule has 0 bridgehead atoms. The van der Waals surface area contributed by atoms with E-state index >= 15 is 0 Å². The van der Waals surface area contributed by atoms with Crippen molar-refractivity contribution in [1.82, 2.24) is 0 Å². The number of hydrogen-bond donors (Lipinski definition) is 2. The van der Waals surface area contributed by atoms with Gasteiger partial charge in [0.1, 0.15) is 11.4 Å². The van der Waals surface area contributed by atoms with E-state index in [1.54, 1.807) is 0 Å². The van der Waals surface area contributed by atoms with E-state index in [0.717, 1.165) is 25.3 Å². The number of rotatable bonds is 2. The third-order valence-corrected chi connectivity index (χ3v) is 4.59. The fourth-order valence-corrected chi connectivity index (χ4v) is 3.50. The fraction of sp³-hybridized carbons (Fsp3) is 0.467. The van der Waals surface area contributed by atoms with Crippen LogP contribution in [-0.4, -0.2) is 22.5 Å². The van der Waals surface area contributed by atoms with E-state index in [4.69, 9.17) is 11.5 Å². The zero-order valence-corrected chi connectivity index (χ0v) is 13.7. The molecular weight excluding hydrogens is 353 g/mol. The van der Waals surface area contributed by atoms with Gasteiger partial charge < -0.3 is 11.5 Å². The monoisotopic (exact) mass is 370 g/mol. The Hall–Kier alpha value is -2.85. The van der Waals surface area contributed by atoms with Gasteiger partial charge in [0, 0.05) is 6.07 Å². The Labute approximate surface area is 146 Å². The number of nitro groups is 1. The molecule has 1 aromatic rings. The van der Waals surface area contributed by atoms with E-state index in [2.05, 4.69) is 9.98 Å². The fourth-order valence-electron chi connectivity index (χ4n) is 3.50. The first kappa shape index (κ1) is 18.0. The third kappa shape index (κ3) is 3.04. The van der Waals surface area contributed by atoms with Gasteiger partial charge in [-0.3, -0.25) is 15.0 Å². The molecule has 2 aliphatic rings. The van der Waals surface area contributed by atoms with E-state index < -0.39 is 28.0 Å². The number of nitro benzene ring substituents is 1. The van der Waals surface area contributed by atoms with Crippen LogP contribution in [0.15, 0.2) is 28.2 Å². The number of halogens is 3. The van der Waals surface area contributed by atoms with Crippen LogP contribution in [0.2, 0.25) is 0 Å². The molecule has 0 aromatic heterocycles. The molecule has 0 amide bonds. The second kappa shape index (κ2) is 6.15. The zero-order valence-electron chi connectivity index (χ0n) is 13.7. The molecule has 0 saturated heterocycles. The largest absolute Gasteiger partial charge is 0.416 e. The molecule has 0 atom stereocenters. The minimum absolute atomic E-state index is 0.0877. The van der Waals surface area contributed by atoms with Crippen LogP contribution < -0.4 is 16.4 Å². The minimum Gasteiger partial charge on any atom is -0.369 e. The van der Waals surface area contributed by atoms with Gasteiger partial charge in [0.15, 0.2) is 0 Å². The summed E-state index contributed by atoms with van der Waals surface area (Å²) in [6, 6.07) is 2.21. The summed E-state index contributed by atoms with van der Waals surface area (Å²) in [5.74, 6) is -0.294. The van der Waals surface area contributed by atoms with Crippen molar-refractivity contribution in [3.8, 4) is 0 Å². The summed E-state index contributed by atoms with van der Waals surface area (Å²) in [5.41, 5.74) is 8.78. The Morgan fingerprint density at radius 3 is 2.42 bits per heavy atom. The van der Waals surface area contributed by atoms with Crippen molar-refractivity contribution in [3.05, 3.63) is 33.9 Å². The minimum atomic E-state index is -4.66. The zero-order chi connectivity index (χ0) is 19.1. The first-order valence-corrected chi connectivity index (χ1v) is 7.99. The molecule has 4 N–H and O–H groups in total. The van der Waals surface area contributed by atoms with Gasteiger partial charge in [-0.1, -0.05) is 6.42 Å². The third-order valence-electron chi connectivity index (χ3n) is 4.59. The normalized spacial score (nSPS) is 19.9. The van der Waals surface area contributed by atoms with E-state index in [9.17, 15) is 23.3 Å². The Balaban J connectivity index is 2.21. The maximum absolute atomic E-state index is 13.2. The average molecular weight is 370 g/mol. The predicted octanol–water partition coefficient (Wildman–Crippen LogP) is 2.72. The van der Waals surface area contributed by atoms with Crippen LogP contribution in [-0.2, 0) is 6.18 Å². The second-order valence-electron chi connectivity index (χ2n) is 6.28. The molecule has 1 aromatic carbocycles. The second-order valence-corrected chi connectivity index (χ2v) is 6.28. The summed E-state index contributed by atoms with van der Waals surface area (Å²) in [4.78, 5) is 20.1. The van der Waals surface area contributed by atoms with Crippen molar-refractivity contribution in [2.24, 2.45) is 21.5 Å². The summed E-state index contributed by atoms with van der Waals surface area (Å²) in [5, 5.41) is 11.4. The number of anilines is 1. The highest BCUT2D eigenvalue weighted by molar-refractivity contribution is 6.06. The van der Waals surface area contributed by atoms with Crippen LogP contribution in [0.4, 0.5) is 24.5 Å². The highest BCUT2D eigenvalue weighted by Gasteiger charge is 2.45. The smallest absolute Gasteiger partial charge is 0.369 e. The van der Waals surface area contributed by atoms with Crippen molar-refractivity contribution in [3.63, 3.8) is 0 Å². The summed E-state index contributed by atoms with van der Waals surface area (Å²) >= 11 is 0. The van der Waals surface area contributed by atoms with E-state index in [-0.39, 0.29) is 17.6 Å². The summed E-state index contributed by atoms with van der Waals surface area (Å²) in [6.45, 7) is 0. The lowest BCUT2D eigenvalue weighted by atomic mass is 9.87. The van der Waals surface area contributed by atoms with Crippen LogP contribution in [0, 0.1) is 10.1 Å². The van der Waals surface area contributed by atoms with Crippen molar-refractivity contribution >= 4 is 23.3 Å². The van der Waals surface area contributed by atoms with Crippen LogP contribution in [0.5, 0.6) is 0 Å². The summed E-state index contributed by atoms with van der Waals surface area (Å²) in [6.07, 6.45) is -1.34. The topological polar surface area (TPSA) is 123 Å². The first-order chi connectivity index (χ1) is 12.1. The number of guanidine groups is 2. The molecule has 1 spiro atoms. The van der Waals surface area contributed by atoms with Gasteiger partial charge in [-0.05, 0) is 37.8 Å². The van der Waals surface area contributed by atoms with Crippen LogP contribution in [0.1, 0.15) is 37.7 Å². The van der Waals surface area contributed by atoms with Gasteiger partial charge in [-0.15, -0.1) is 0 Å². The van der Waals surface area contributed by atoms with Gasteiger partial charge in [0.25, 0.3) is 5.69 Å². The lowest BCUT2D eigenvalue weighted by Crippen LogP contribution is -2.58. The molecule has 26 heavy (non-hydrogen) atoms. The predicted molar refractivity (Wildman–Crippen MR) is 89.6 cm³/mol. The Bertz CT molecular complexity index is 799. The average Bonchev–Trinajstić information content (AvgIpc) is 2.53. The molecule has 8 nitrogen and oxygen atoms in total. The number of benzene rings is 1. The number of hydrogen-bond acceptors (Lipinski definition) is 7. The van der Waals surface area contributed by atoms with Crippen LogP contribution >= 0.6 is 0 Å². The highest BCUT2D eigenvalue weighted by atomic mass is 19.4. The van der Waals surface area contributed by atoms with Crippen molar-refractivity contribution in [2.75, 3.05) is 4.90 Å². The molecule has 0 unspecified atom stereocenters. The maximum atomic E-state index is 13.2. The van der Waals surface area contributed by atoms with Crippen LogP contribution in [0.25, 0.3) is 0 Å². The molecule has 140 valence electrons. The Kier molecular flexibility index (Phi) is 4.24. The van der Waals surface area contributed by atoms with E-state index in [1.807, 2.05) is 0 Å². The van der Waals surface area contributed by atoms with E-state index in [1.165, 1.54) is 4.90 Å². The molecule has 1 saturated carbocycles. The Morgan fingerprint density at radius 2 is 1.85 bits per heavy atom. The van der Waals surface area contributed by atoms with Crippen molar-refractivity contribution in [2.45, 2.75) is 43.9 Å². The molecule has 1 fully saturated rings. The molecule has 1 aliphatic heterocycles. The van der Waals surface area contributed by atoms with Crippen molar-refractivity contribution in [1.29, 1.82) is 0 Å². The summed E-state index contributed by atoms with van der Waals surface area (Å²) in [7, 11) is 0. The Morgan fingerprint density at radius 1 is 1.19 bits per heavy atom. The standard InChI is InChI=1S/C15H17F3N6O2/c16-15(17,18)9-4-5-10(24(25)26)11(8-9)23-13(20)21-12(19)22-14(23)6-2-1-3-7-14/h4-5,8H,1-3,6-7H2,(H4,19,20,21,22). The van der Waals surface area contributed by atoms with Gasteiger partial charge in [0.05, 0.1) is 10.5 Å². The van der Waals surface area contributed by atoms with E-state index in [0.29, 0.717) is 25.0 Å². The number of alkyl halides is 3. The number of aliphatic imine (C=N–C) groups is 2. The van der Waals surface area contributed by atoms with Crippen molar-refractivity contribution < 1.29 is 18.1 Å². The van der Waals surface area contributed by atoms with Gasteiger partial charge in [-0.25, -0.2) is 4.99 Å². The SMILES string of the molecule is NC1=NC2(CCCCC2)N(c2cc(C(F)(F)F)ccc2[N+](=O)[O-])C(N)=N1.